The zero-order valence-electron chi connectivity index (χ0n) is 20.0. The maximum absolute atomic E-state index is 12.8. The van der Waals surface area contributed by atoms with E-state index >= 15 is 0 Å². The second kappa shape index (κ2) is 8.46. The van der Waals surface area contributed by atoms with Crippen LogP contribution in [0.3, 0.4) is 0 Å². The molecule has 3 aliphatic rings. The number of benzene rings is 1. The summed E-state index contributed by atoms with van der Waals surface area (Å²) >= 11 is 0. The largest absolute Gasteiger partial charge is 0.367 e. The molecule has 2 aromatic heterocycles. The second-order valence-corrected chi connectivity index (χ2v) is 10.1. The Morgan fingerprint density at radius 2 is 1.97 bits per heavy atom. The van der Waals surface area contributed by atoms with Gasteiger partial charge in [0.25, 0.3) is 5.91 Å². The Labute approximate surface area is 200 Å². The molecule has 5 heterocycles. The number of fused-ring (bicyclic) bond motifs is 2. The number of nitrogens with zero attached hydrogens (tertiary/aromatic N) is 4. The van der Waals surface area contributed by atoms with Gasteiger partial charge in [-0.05, 0) is 74.3 Å². The van der Waals surface area contributed by atoms with E-state index in [-0.39, 0.29) is 5.91 Å². The second-order valence-electron chi connectivity index (χ2n) is 10.1. The van der Waals surface area contributed by atoms with Crippen molar-refractivity contribution in [1.29, 1.82) is 0 Å². The molecule has 1 saturated heterocycles. The highest BCUT2D eigenvalue weighted by Crippen LogP contribution is 2.37. The minimum absolute atomic E-state index is 0.0341. The predicted octanol–water partition coefficient (Wildman–Crippen LogP) is 4.89. The van der Waals surface area contributed by atoms with E-state index in [1.807, 2.05) is 24.5 Å². The number of anilines is 3. The smallest absolute Gasteiger partial charge is 0.254 e. The summed E-state index contributed by atoms with van der Waals surface area (Å²) in [7, 11) is 0. The number of amides is 1. The molecule has 6 rings (SSSR count). The number of nitrogens with one attached hydrogen (secondary N) is 2. The Morgan fingerprint density at radius 1 is 1.06 bits per heavy atom. The molecule has 34 heavy (non-hydrogen) atoms. The molecule has 1 amide bonds. The fourth-order valence-electron chi connectivity index (χ4n) is 5.77. The van der Waals surface area contributed by atoms with Gasteiger partial charge in [-0.1, -0.05) is 13.0 Å². The molecular weight excluding hydrogens is 424 g/mol. The van der Waals surface area contributed by atoms with Crippen LogP contribution in [-0.4, -0.2) is 33.3 Å². The monoisotopic (exact) mass is 456 g/mol. The van der Waals surface area contributed by atoms with E-state index in [4.69, 9.17) is 4.98 Å². The molecule has 3 aliphatic heterocycles. The van der Waals surface area contributed by atoms with E-state index in [0.29, 0.717) is 18.5 Å². The zero-order chi connectivity index (χ0) is 23.2. The van der Waals surface area contributed by atoms with E-state index in [1.165, 1.54) is 31.4 Å². The number of rotatable bonds is 4. The normalized spacial score (nSPS) is 21.7. The number of piperidine rings is 1. The van der Waals surface area contributed by atoms with E-state index in [9.17, 15) is 4.79 Å². The summed E-state index contributed by atoms with van der Waals surface area (Å²) in [5, 5.41) is 11.0. The molecule has 2 N–H and O–H groups in total. The van der Waals surface area contributed by atoms with Crippen molar-refractivity contribution in [3.63, 3.8) is 0 Å². The van der Waals surface area contributed by atoms with Gasteiger partial charge in [-0.15, -0.1) is 0 Å². The van der Waals surface area contributed by atoms with Crippen LogP contribution in [0.15, 0.2) is 36.7 Å². The van der Waals surface area contributed by atoms with Crippen LogP contribution in [0.25, 0.3) is 11.1 Å². The van der Waals surface area contributed by atoms with Gasteiger partial charge < -0.3 is 15.5 Å². The van der Waals surface area contributed by atoms with Gasteiger partial charge in [0.1, 0.15) is 5.82 Å². The van der Waals surface area contributed by atoms with Gasteiger partial charge in [0, 0.05) is 36.9 Å². The average Bonchev–Trinajstić information content (AvgIpc) is 3.46. The van der Waals surface area contributed by atoms with Gasteiger partial charge in [0.05, 0.1) is 29.3 Å². The maximum Gasteiger partial charge on any atom is 0.254 e. The molecule has 0 spiro atoms. The van der Waals surface area contributed by atoms with Gasteiger partial charge in [0.2, 0.25) is 0 Å². The number of pyridine rings is 1. The summed E-state index contributed by atoms with van der Waals surface area (Å²) in [4.78, 5) is 20.0. The molecular formula is C27H32N6O. The van der Waals surface area contributed by atoms with Crippen LogP contribution < -0.4 is 15.5 Å². The highest BCUT2D eigenvalue weighted by molar-refractivity contribution is 6.06. The van der Waals surface area contributed by atoms with Crippen LogP contribution in [0.4, 0.5) is 17.2 Å². The number of hydrogen-bond donors (Lipinski definition) is 2. The lowest BCUT2D eigenvalue weighted by Gasteiger charge is -2.38. The molecule has 0 radical (unpaired) electrons. The van der Waals surface area contributed by atoms with Crippen molar-refractivity contribution in [1.82, 2.24) is 20.1 Å². The standard InChI is InChI=1S/C27H32N6O/c1-17-6-7-18(2)32(16-17)19-8-11-25(28-13-19)31-23-10-9-20(22-14-29-27(34)26(22)23)21-15-30-33-12-4-3-5-24(21)33/h8-11,13,15,17-18H,3-7,12,14,16H2,1-2H3,(H,28,31)(H,29,34). The van der Waals surface area contributed by atoms with Crippen LogP contribution in [0.1, 0.15) is 61.1 Å². The van der Waals surface area contributed by atoms with Crippen molar-refractivity contribution in [3.05, 3.63) is 53.5 Å². The zero-order valence-corrected chi connectivity index (χ0v) is 20.0. The highest BCUT2D eigenvalue weighted by Gasteiger charge is 2.28. The van der Waals surface area contributed by atoms with Crippen molar-refractivity contribution in [2.24, 2.45) is 5.92 Å². The topological polar surface area (TPSA) is 75.1 Å². The summed E-state index contributed by atoms with van der Waals surface area (Å²) < 4.78 is 2.12. The molecule has 7 heteroatoms. The average molecular weight is 457 g/mol. The van der Waals surface area contributed by atoms with E-state index in [0.717, 1.165) is 59.0 Å². The molecule has 7 nitrogen and oxygen atoms in total. The maximum atomic E-state index is 12.8. The third-order valence-electron chi connectivity index (χ3n) is 7.70. The van der Waals surface area contributed by atoms with Crippen LogP contribution in [-0.2, 0) is 19.5 Å². The predicted molar refractivity (Wildman–Crippen MR) is 134 cm³/mol. The minimum Gasteiger partial charge on any atom is -0.367 e. The van der Waals surface area contributed by atoms with Gasteiger partial charge in [0.15, 0.2) is 0 Å². The van der Waals surface area contributed by atoms with Gasteiger partial charge in [-0.2, -0.15) is 5.10 Å². The number of hydrogen-bond acceptors (Lipinski definition) is 5. The fraction of sp³-hybridized carbons (Fsp3) is 0.444. The van der Waals surface area contributed by atoms with Crippen molar-refractivity contribution >= 4 is 23.1 Å². The van der Waals surface area contributed by atoms with Crippen LogP contribution in [0.5, 0.6) is 0 Å². The summed E-state index contributed by atoms with van der Waals surface area (Å²) in [6.07, 6.45) is 9.83. The Morgan fingerprint density at radius 3 is 2.82 bits per heavy atom. The summed E-state index contributed by atoms with van der Waals surface area (Å²) in [5.41, 5.74) is 7.28. The third-order valence-corrected chi connectivity index (χ3v) is 7.70. The van der Waals surface area contributed by atoms with Crippen molar-refractivity contribution in [3.8, 4) is 11.1 Å². The molecule has 2 atom stereocenters. The Bertz CT molecular complexity index is 1230. The van der Waals surface area contributed by atoms with E-state index in [2.05, 4.69) is 51.3 Å². The molecule has 1 aromatic carbocycles. The number of aryl methyl sites for hydroxylation is 1. The molecule has 0 aliphatic carbocycles. The first-order valence-electron chi connectivity index (χ1n) is 12.6. The molecule has 0 bridgehead atoms. The summed E-state index contributed by atoms with van der Waals surface area (Å²) in [6, 6.07) is 8.82. The molecule has 1 fully saturated rings. The van der Waals surface area contributed by atoms with Crippen molar-refractivity contribution in [2.75, 3.05) is 16.8 Å². The lowest BCUT2D eigenvalue weighted by atomic mass is 9.94. The highest BCUT2D eigenvalue weighted by atomic mass is 16.1. The first-order valence-corrected chi connectivity index (χ1v) is 12.6. The third kappa shape index (κ3) is 3.63. The lowest BCUT2D eigenvalue weighted by Crippen LogP contribution is -2.41. The molecule has 0 saturated carbocycles. The van der Waals surface area contributed by atoms with Gasteiger partial charge in [-0.3, -0.25) is 9.48 Å². The van der Waals surface area contributed by atoms with Gasteiger partial charge >= 0.3 is 0 Å². The number of carbonyl (C=O) groups is 1. The Hall–Kier alpha value is -3.35. The number of carbonyl (C=O) groups excluding carboxylic acids is 1. The van der Waals surface area contributed by atoms with Crippen LogP contribution in [0, 0.1) is 5.92 Å². The summed E-state index contributed by atoms with van der Waals surface area (Å²) in [5.74, 6) is 1.42. The Kier molecular flexibility index (Phi) is 5.27. The minimum atomic E-state index is -0.0341. The quantitative estimate of drug-likeness (QED) is 0.584. The van der Waals surface area contributed by atoms with E-state index < -0.39 is 0 Å². The van der Waals surface area contributed by atoms with Crippen LogP contribution >= 0.6 is 0 Å². The number of aromatic nitrogens is 3. The fourth-order valence-corrected chi connectivity index (χ4v) is 5.77. The molecule has 176 valence electrons. The lowest BCUT2D eigenvalue weighted by molar-refractivity contribution is 0.0966. The van der Waals surface area contributed by atoms with Crippen molar-refractivity contribution < 1.29 is 4.79 Å². The van der Waals surface area contributed by atoms with Crippen molar-refractivity contribution in [2.45, 2.75) is 65.1 Å². The summed E-state index contributed by atoms with van der Waals surface area (Å²) in [6.45, 7) is 7.20. The van der Waals surface area contributed by atoms with E-state index in [1.54, 1.807) is 0 Å². The Balaban J connectivity index is 1.29. The molecule has 2 unspecified atom stereocenters. The SMILES string of the molecule is CC1CCC(C)N(c2ccc(Nc3ccc(-c4cnn5c4CCCC5)c4c3C(=O)NC4)nc2)C1. The van der Waals surface area contributed by atoms with Gasteiger partial charge in [-0.25, -0.2) is 4.98 Å². The first-order chi connectivity index (χ1) is 16.6. The van der Waals surface area contributed by atoms with Crippen LogP contribution in [0.2, 0.25) is 0 Å². The first kappa shape index (κ1) is 21.2. The molecule has 3 aromatic rings.